The fourth-order valence-electron chi connectivity index (χ4n) is 2.07. The van der Waals surface area contributed by atoms with Crippen LogP contribution in [0.25, 0.3) is 0 Å². The Hall–Kier alpha value is -1.87. The summed E-state index contributed by atoms with van der Waals surface area (Å²) in [7, 11) is 0. The van der Waals surface area contributed by atoms with E-state index in [1.807, 2.05) is 39.0 Å². The monoisotopic (exact) mass is 273 g/mol. The molecule has 2 aromatic rings. The van der Waals surface area contributed by atoms with Gasteiger partial charge in [0.05, 0.1) is 0 Å². The van der Waals surface area contributed by atoms with Gasteiger partial charge in [-0.1, -0.05) is 18.2 Å². The zero-order chi connectivity index (χ0) is 14.7. The topological polar surface area (TPSA) is 35.2 Å². The summed E-state index contributed by atoms with van der Waals surface area (Å²) in [4.78, 5) is 0. The lowest BCUT2D eigenvalue weighted by atomic mass is 10.1. The molecule has 2 N–H and O–H groups in total. The van der Waals surface area contributed by atoms with E-state index in [2.05, 4.69) is 0 Å². The molecule has 0 aliphatic carbocycles. The summed E-state index contributed by atoms with van der Waals surface area (Å²) in [6.45, 7) is 6.25. The molecular weight excluding hydrogens is 253 g/mol. The number of hydrogen-bond acceptors (Lipinski definition) is 2. The van der Waals surface area contributed by atoms with E-state index in [-0.39, 0.29) is 11.9 Å². The highest BCUT2D eigenvalue weighted by atomic mass is 19.1. The van der Waals surface area contributed by atoms with Crippen molar-refractivity contribution in [3.05, 3.63) is 64.5 Å². The molecule has 3 heteroatoms. The maximum absolute atomic E-state index is 13.2. The molecule has 0 saturated carbocycles. The van der Waals surface area contributed by atoms with E-state index in [1.165, 1.54) is 12.1 Å². The van der Waals surface area contributed by atoms with Gasteiger partial charge in [0.25, 0.3) is 0 Å². The molecule has 2 aromatic carbocycles. The van der Waals surface area contributed by atoms with Gasteiger partial charge in [0.1, 0.15) is 18.2 Å². The van der Waals surface area contributed by atoms with Crippen LogP contribution in [0.5, 0.6) is 5.75 Å². The molecule has 2 nitrogen and oxygen atoms in total. The second-order valence-corrected chi connectivity index (χ2v) is 5.17. The molecule has 0 unspecified atom stereocenters. The quantitative estimate of drug-likeness (QED) is 0.912. The molecule has 0 heterocycles. The van der Waals surface area contributed by atoms with Crippen LogP contribution in [0.3, 0.4) is 0 Å². The summed E-state index contributed by atoms with van der Waals surface area (Å²) < 4.78 is 19.0. The van der Waals surface area contributed by atoms with E-state index >= 15 is 0 Å². The standard InChI is InChI=1S/C17H20FNO/c1-11-4-6-16(18)9-15(11)10-20-17-7-5-14(13(3)19)8-12(17)2/h4-9,13H,10,19H2,1-3H3/t13-/m1/s1. The van der Waals surface area contributed by atoms with Gasteiger partial charge in [-0.15, -0.1) is 0 Å². The van der Waals surface area contributed by atoms with Gasteiger partial charge >= 0.3 is 0 Å². The molecule has 0 bridgehead atoms. The van der Waals surface area contributed by atoms with Gasteiger partial charge in [-0.2, -0.15) is 0 Å². The number of nitrogens with two attached hydrogens (primary N) is 1. The van der Waals surface area contributed by atoms with Gasteiger partial charge in [0, 0.05) is 6.04 Å². The van der Waals surface area contributed by atoms with Gasteiger partial charge in [0.2, 0.25) is 0 Å². The number of rotatable bonds is 4. The molecule has 0 aliphatic heterocycles. The molecule has 0 fully saturated rings. The first-order valence-electron chi connectivity index (χ1n) is 6.71. The maximum Gasteiger partial charge on any atom is 0.123 e. The minimum atomic E-state index is -0.238. The second kappa shape index (κ2) is 6.06. The van der Waals surface area contributed by atoms with Gasteiger partial charge in [-0.25, -0.2) is 4.39 Å². The Morgan fingerprint density at radius 3 is 2.50 bits per heavy atom. The van der Waals surface area contributed by atoms with Crippen LogP contribution < -0.4 is 10.5 Å². The third-order valence-corrected chi connectivity index (χ3v) is 3.42. The average molecular weight is 273 g/mol. The van der Waals surface area contributed by atoms with Gasteiger partial charge in [-0.3, -0.25) is 0 Å². The molecule has 0 amide bonds. The molecule has 1 atom stereocenters. The predicted molar refractivity (Wildman–Crippen MR) is 79.3 cm³/mol. The van der Waals surface area contributed by atoms with E-state index in [9.17, 15) is 4.39 Å². The first kappa shape index (κ1) is 14.5. The highest BCUT2D eigenvalue weighted by molar-refractivity contribution is 5.37. The smallest absolute Gasteiger partial charge is 0.123 e. The highest BCUT2D eigenvalue weighted by Crippen LogP contribution is 2.23. The third-order valence-electron chi connectivity index (χ3n) is 3.42. The van der Waals surface area contributed by atoms with Crippen LogP contribution in [0.15, 0.2) is 36.4 Å². The van der Waals surface area contributed by atoms with Crippen LogP contribution in [0.2, 0.25) is 0 Å². The van der Waals surface area contributed by atoms with Gasteiger partial charge < -0.3 is 10.5 Å². The van der Waals surface area contributed by atoms with Crippen molar-refractivity contribution in [3.8, 4) is 5.75 Å². The molecule has 0 spiro atoms. The van der Waals surface area contributed by atoms with Crippen molar-refractivity contribution >= 4 is 0 Å². The number of hydrogen-bond donors (Lipinski definition) is 1. The van der Waals surface area contributed by atoms with Crippen molar-refractivity contribution in [1.29, 1.82) is 0 Å². The summed E-state index contributed by atoms with van der Waals surface area (Å²) in [6.07, 6.45) is 0. The van der Waals surface area contributed by atoms with E-state index in [4.69, 9.17) is 10.5 Å². The van der Waals surface area contributed by atoms with E-state index in [1.54, 1.807) is 6.07 Å². The van der Waals surface area contributed by atoms with E-state index < -0.39 is 0 Å². The van der Waals surface area contributed by atoms with Crippen LogP contribution in [-0.2, 0) is 6.61 Å². The Morgan fingerprint density at radius 1 is 1.10 bits per heavy atom. The Labute approximate surface area is 119 Å². The molecule has 0 saturated heterocycles. The summed E-state index contributed by atoms with van der Waals surface area (Å²) >= 11 is 0. The fraction of sp³-hybridized carbons (Fsp3) is 0.294. The van der Waals surface area contributed by atoms with Crippen LogP contribution in [0.4, 0.5) is 4.39 Å². The Balaban J connectivity index is 2.13. The zero-order valence-electron chi connectivity index (χ0n) is 12.1. The van der Waals surface area contributed by atoms with E-state index in [0.29, 0.717) is 6.61 Å². The third kappa shape index (κ3) is 3.36. The molecule has 20 heavy (non-hydrogen) atoms. The zero-order valence-corrected chi connectivity index (χ0v) is 12.1. The number of halogens is 1. The lowest BCUT2D eigenvalue weighted by molar-refractivity contribution is 0.302. The SMILES string of the molecule is Cc1ccc(F)cc1COc1ccc([C@@H](C)N)cc1C. The molecule has 106 valence electrons. The number of ether oxygens (including phenoxy) is 1. The minimum absolute atomic E-state index is 0.00761. The van der Waals surface area contributed by atoms with Crippen LogP contribution in [-0.4, -0.2) is 0 Å². The predicted octanol–water partition coefficient (Wildman–Crippen LogP) is 4.04. The first-order chi connectivity index (χ1) is 9.47. The Morgan fingerprint density at radius 2 is 1.85 bits per heavy atom. The fourth-order valence-corrected chi connectivity index (χ4v) is 2.07. The normalized spacial score (nSPS) is 12.2. The van der Waals surface area contributed by atoms with Gasteiger partial charge in [-0.05, 0) is 61.2 Å². The summed E-state index contributed by atoms with van der Waals surface area (Å²) in [5.74, 6) is 0.566. The lowest BCUT2D eigenvalue weighted by Crippen LogP contribution is -2.06. The van der Waals surface area contributed by atoms with Crippen molar-refractivity contribution < 1.29 is 9.13 Å². The molecule has 0 aromatic heterocycles. The molecular formula is C17H20FNO. The summed E-state index contributed by atoms with van der Waals surface area (Å²) in [5, 5.41) is 0. The summed E-state index contributed by atoms with van der Waals surface area (Å²) in [5.41, 5.74) is 9.85. The minimum Gasteiger partial charge on any atom is -0.489 e. The molecule has 2 rings (SSSR count). The Kier molecular flexibility index (Phi) is 4.40. The van der Waals surface area contributed by atoms with Crippen molar-refractivity contribution in [1.82, 2.24) is 0 Å². The maximum atomic E-state index is 13.2. The number of benzene rings is 2. The Bertz CT molecular complexity index is 608. The van der Waals surface area contributed by atoms with Crippen molar-refractivity contribution in [3.63, 3.8) is 0 Å². The number of aryl methyl sites for hydroxylation is 2. The van der Waals surface area contributed by atoms with Crippen molar-refractivity contribution in [2.45, 2.75) is 33.4 Å². The van der Waals surface area contributed by atoms with E-state index in [0.717, 1.165) is 28.0 Å². The molecule has 0 radical (unpaired) electrons. The largest absolute Gasteiger partial charge is 0.489 e. The average Bonchev–Trinajstić information content (AvgIpc) is 2.40. The highest BCUT2D eigenvalue weighted by Gasteiger charge is 2.06. The summed E-state index contributed by atoms with van der Waals surface area (Å²) in [6, 6.07) is 10.7. The van der Waals surface area contributed by atoms with Crippen LogP contribution in [0.1, 0.15) is 35.2 Å². The van der Waals surface area contributed by atoms with Crippen LogP contribution in [0, 0.1) is 19.7 Å². The van der Waals surface area contributed by atoms with Crippen molar-refractivity contribution in [2.75, 3.05) is 0 Å². The van der Waals surface area contributed by atoms with Crippen LogP contribution >= 0.6 is 0 Å². The lowest BCUT2D eigenvalue weighted by Gasteiger charge is -2.13. The first-order valence-corrected chi connectivity index (χ1v) is 6.71. The van der Waals surface area contributed by atoms with Gasteiger partial charge in [0.15, 0.2) is 0 Å². The van der Waals surface area contributed by atoms with Crippen molar-refractivity contribution in [2.24, 2.45) is 5.73 Å². The second-order valence-electron chi connectivity index (χ2n) is 5.17. The molecule has 0 aliphatic rings.